The second kappa shape index (κ2) is 7.21. The topological polar surface area (TPSA) is 99.5 Å². The molecule has 20 heavy (non-hydrogen) atoms. The maximum Gasteiger partial charge on any atom is 0.332 e. The fourth-order valence-corrected chi connectivity index (χ4v) is 1.71. The molecule has 7 heteroatoms. The van der Waals surface area contributed by atoms with Gasteiger partial charge in [-0.15, -0.1) is 0 Å². The number of carbonyl (C=O) groups is 2. The summed E-state index contributed by atoms with van der Waals surface area (Å²) in [7, 11) is 0. The Morgan fingerprint density at radius 1 is 1.40 bits per heavy atom. The van der Waals surface area contributed by atoms with Gasteiger partial charge in [-0.25, -0.2) is 9.78 Å². The lowest BCUT2D eigenvalue weighted by Crippen LogP contribution is -2.30. The second-order valence-corrected chi connectivity index (χ2v) is 5.04. The molecule has 0 aliphatic rings. The maximum atomic E-state index is 11.9. The van der Waals surface area contributed by atoms with Gasteiger partial charge >= 0.3 is 5.97 Å². The summed E-state index contributed by atoms with van der Waals surface area (Å²) in [6.45, 7) is 3.93. The molecule has 6 nitrogen and oxygen atoms in total. The van der Waals surface area contributed by atoms with E-state index in [-0.39, 0.29) is 29.9 Å². The highest BCUT2D eigenvalue weighted by Gasteiger charge is 2.14. The van der Waals surface area contributed by atoms with Crippen molar-refractivity contribution in [1.29, 1.82) is 0 Å². The van der Waals surface area contributed by atoms with Gasteiger partial charge in [-0.2, -0.15) is 0 Å². The monoisotopic (exact) mass is 300 g/mol. The number of carboxylic acid groups (broad SMARTS) is 1. The summed E-state index contributed by atoms with van der Waals surface area (Å²) in [5.41, 5.74) is 1.06. The first-order valence-electron chi connectivity index (χ1n) is 6.17. The van der Waals surface area contributed by atoms with E-state index in [1.54, 1.807) is 6.07 Å². The van der Waals surface area contributed by atoms with Crippen molar-refractivity contribution in [3.8, 4) is 0 Å². The molecule has 0 fully saturated rings. The Kier molecular flexibility index (Phi) is 5.91. The summed E-state index contributed by atoms with van der Waals surface area (Å²) in [6, 6.07) is 3.08. The number of rotatable bonds is 6. The van der Waals surface area contributed by atoms with Gasteiger partial charge in [0.2, 0.25) is 0 Å². The zero-order chi connectivity index (χ0) is 15.3. The van der Waals surface area contributed by atoms with Crippen LogP contribution in [0.2, 0.25) is 5.15 Å². The number of hydrogen-bond donors (Lipinski definition) is 3. The molecule has 0 aliphatic carbocycles. The van der Waals surface area contributed by atoms with E-state index in [0.717, 1.165) is 0 Å². The van der Waals surface area contributed by atoms with E-state index in [4.69, 9.17) is 21.8 Å². The average molecular weight is 301 g/mol. The lowest BCUT2D eigenvalue weighted by atomic mass is 10.1. The van der Waals surface area contributed by atoms with E-state index < -0.39 is 12.1 Å². The fraction of sp³-hybridized carbons (Fsp3) is 0.462. The van der Waals surface area contributed by atoms with Crippen molar-refractivity contribution in [2.24, 2.45) is 0 Å². The van der Waals surface area contributed by atoms with Crippen molar-refractivity contribution in [2.75, 3.05) is 6.54 Å². The zero-order valence-electron chi connectivity index (χ0n) is 11.3. The number of halogens is 1. The lowest BCUT2D eigenvalue weighted by molar-refractivity contribution is -0.146. The third kappa shape index (κ3) is 4.79. The number of aromatic nitrogens is 1. The minimum Gasteiger partial charge on any atom is -0.479 e. The summed E-state index contributed by atoms with van der Waals surface area (Å²) in [5.74, 6) is -1.56. The van der Waals surface area contributed by atoms with Crippen molar-refractivity contribution in [3.05, 3.63) is 28.5 Å². The molecule has 0 unspecified atom stereocenters. The Bertz CT molecular complexity index is 505. The molecule has 110 valence electrons. The molecule has 1 aromatic heterocycles. The highest BCUT2D eigenvalue weighted by molar-refractivity contribution is 6.29. The number of amides is 1. The first-order valence-corrected chi connectivity index (χ1v) is 6.55. The quantitative estimate of drug-likeness (QED) is 0.690. The Labute approximate surface area is 121 Å². The fourth-order valence-electron chi connectivity index (χ4n) is 1.49. The Hall–Kier alpha value is -1.66. The third-order valence-electron chi connectivity index (χ3n) is 2.66. The molecule has 1 heterocycles. The first-order chi connectivity index (χ1) is 9.31. The number of hydrogen-bond acceptors (Lipinski definition) is 4. The van der Waals surface area contributed by atoms with Gasteiger partial charge in [-0.1, -0.05) is 25.4 Å². The molecule has 3 N–H and O–H groups in total. The predicted octanol–water partition coefficient (Wildman–Crippen LogP) is 1.42. The molecule has 1 atom stereocenters. The number of aliphatic carboxylic acids is 1. The van der Waals surface area contributed by atoms with Crippen molar-refractivity contribution in [3.63, 3.8) is 0 Å². The van der Waals surface area contributed by atoms with Crippen LogP contribution in [0.5, 0.6) is 0 Å². The van der Waals surface area contributed by atoms with Crippen LogP contribution in [-0.4, -0.2) is 39.7 Å². The van der Waals surface area contributed by atoms with E-state index >= 15 is 0 Å². The average Bonchev–Trinajstić information content (AvgIpc) is 2.37. The summed E-state index contributed by atoms with van der Waals surface area (Å²) >= 11 is 5.86. The highest BCUT2D eigenvalue weighted by Crippen LogP contribution is 2.17. The minimum absolute atomic E-state index is 0.0586. The van der Waals surface area contributed by atoms with Crippen molar-refractivity contribution in [2.45, 2.75) is 32.3 Å². The van der Waals surface area contributed by atoms with E-state index in [0.29, 0.717) is 11.3 Å². The molecule has 0 spiro atoms. The standard InChI is InChI=1S/C13H17ClN2O4/c1-7(2)9-5-8(6-11(14)16-9)12(18)15-4-3-10(17)13(19)20/h5-7,10,17H,3-4H2,1-2H3,(H,15,18)(H,19,20)/t10-/m0/s1. The SMILES string of the molecule is CC(C)c1cc(C(=O)NCC[C@H](O)C(=O)O)cc(Cl)n1. The van der Waals surface area contributed by atoms with Crippen molar-refractivity contribution < 1.29 is 19.8 Å². The van der Waals surface area contributed by atoms with Gasteiger partial charge in [0, 0.05) is 24.2 Å². The van der Waals surface area contributed by atoms with Crippen LogP contribution < -0.4 is 5.32 Å². The van der Waals surface area contributed by atoms with E-state index in [9.17, 15) is 9.59 Å². The number of aliphatic hydroxyl groups excluding tert-OH is 1. The number of carboxylic acids is 1. The molecular formula is C13H17ClN2O4. The summed E-state index contributed by atoms with van der Waals surface area (Å²) in [4.78, 5) is 26.4. The Balaban J connectivity index is 2.66. The molecule has 0 saturated carbocycles. The van der Waals surface area contributed by atoms with Gasteiger partial charge in [0.05, 0.1) is 0 Å². The van der Waals surface area contributed by atoms with Crippen LogP contribution in [0.3, 0.4) is 0 Å². The number of aliphatic hydroxyl groups is 1. The number of nitrogens with one attached hydrogen (secondary N) is 1. The predicted molar refractivity (Wildman–Crippen MR) is 73.9 cm³/mol. The van der Waals surface area contributed by atoms with Gasteiger partial charge in [-0.05, 0) is 18.1 Å². The molecule has 0 aliphatic heterocycles. The number of nitrogens with zero attached hydrogens (tertiary/aromatic N) is 1. The van der Waals surface area contributed by atoms with Crippen LogP contribution in [0.4, 0.5) is 0 Å². The normalized spacial score (nSPS) is 12.2. The molecule has 0 bridgehead atoms. The van der Waals surface area contributed by atoms with Crippen LogP contribution in [0.25, 0.3) is 0 Å². The molecule has 1 rings (SSSR count). The molecule has 0 aromatic carbocycles. The number of carbonyl (C=O) groups excluding carboxylic acids is 1. The van der Waals surface area contributed by atoms with Crippen molar-refractivity contribution >= 4 is 23.5 Å². The highest BCUT2D eigenvalue weighted by atomic mass is 35.5. The van der Waals surface area contributed by atoms with Crippen LogP contribution in [0.15, 0.2) is 12.1 Å². The molecule has 0 saturated heterocycles. The number of pyridine rings is 1. The van der Waals surface area contributed by atoms with Gasteiger partial charge < -0.3 is 15.5 Å². The zero-order valence-corrected chi connectivity index (χ0v) is 12.0. The van der Waals surface area contributed by atoms with Crippen LogP contribution in [0, 0.1) is 0 Å². The van der Waals surface area contributed by atoms with Crippen LogP contribution in [0.1, 0.15) is 42.2 Å². The first kappa shape index (κ1) is 16.4. The van der Waals surface area contributed by atoms with Crippen LogP contribution >= 0.6 is 11.6 Å². The van der Waals surface area contributed by atoms with E-state index in [2.05, 4.69) is 10.3 Å². The van der Waals surface area contributed by atoms with Gasteiger partial charge in [-0.3, -0.25) is 4.79 Å². The maximum absolute atomic E-state index is 11.9. The molecule has 0 radical (unpaired) electrons. The largest absolute Gasteiger partial charge is 0.479 e. The van der Waals surface area contributed by atoms with Crippen molar-refractivity contribution in [1.82, 2.24) is 10.3 Å². The molecular weight excluding hydrogens is 284 g/mol. The Morgan fingerprint density at radius 2 is 2.05 bits per heavy atom. The molecule has 1 amide bonds. The van der Waals surface area contributed by atoms with E-state index in [1.165, 1.54) is 6.07 Å². The third-order valence-corrected chi connectivity index (χ3v) is 2.85. The summed E-state index contributed by atoms with van der Waals surface area (Å²) in [5, 5.41) is 20.4. The second-order valence-electron chi connectivity index (χ2n) is 4.66. The van der Waals surface area contributed by atoms with Gasteiger partial charge in [0.1, 0.15) is 5.15 Å². The summed E-state index contributed by atoms with van der Waals surface area (Å²) in [6.07, 6.45) is -1.54. The van der Waals surface area contributed by atoms with Crippen LogP contribution in [-0.2, 0) is 4.79 Å². The van der Waals surface area contributed by atoms with Gasteiger partial charge in [0.15, 0.2) is 6.10 Å². The summed E-state index contributed by atoms with van der Waals surface area (Å²) < 4.78 is 0. The lowest BCUT2D eigenvalue weighted by Gasteiger charge is -2.10. The van der Waals surface area contributed by atoms with E-state index in [1.807, 2.05) is 13.8 Å². The molecule has 1 aromatic rings. The van der Waals surface area contributed by atoms with Gasteiger partial charge in [0.25, 0.3) is 5.91 Å². The minimum atomic E-state index is -1.48. The Morgan fingerprint density at radius 3 is 2.60 bits per heavy atom. The smallest absolute Gasteiger partial charge is 0.332 e.